The van der Waals surface area contributed by atoms with Crippen LogP contribution in [0.3, 0.4) is 0 Å². The van der Waals surface area contributed by atoms with Crippen LogP contribution in [0.2, 0.25) is 0 Å². The molecule has 0 unspecified atom stereocenters. The molecule has 1 heterocycles. The molecule has 0 atom stereocenters. The summed E-state index contributed by atoms with van der Waals surface area (Å²) >= 11 is 0. The number of anilines is 2. The summed E-state index contributed by atoms with van der Waals surface area (Å²) in [6, 6.07) is 10.4. The number of hydrogen-bond donors (Lipinski definition) is 1. The first-order chi connectivity index (χ1) is 9.58. The van der Waals surface area contributed by atoms with Crippen LogP contribution in [0.4, 0.5) is 15.8 Å². The Bertz CT molecular complexity index is 697. The van der Waals surface area contributed by atoms with E-state index in [2.05, 4.69) is 0 Å². The zero-order chi connectivity index (χ0) is 14.3. The van der Waals surface area contributed by atoms with Gasteiger partial charge in [-0.15, -0.1) is 0 Å². The van der Waals surface area contributed by atoms with E-state index in [0.29, 0.717) is 17.8 Å². The van der Waals surface area contributed by atoms with Gasteiger partial charge in [0.05, 0.1) is 5.56 Å². The summed E-state index contributed by atoms with van der Waals surface area (Å²) in [5.41, 5.74) is 8.82. The van der Waals surface area contributed by atoms with Crippen molar-refractivity contribution in [2.45, 2.75) is 13.3 Å². The quantitative estimate of drug-likeness (QED) is 0.810. The van der Waals surface area contributed by atoms with E-state index < -0.39 is 5.82 Å². The number of nitrogens with two attached hydrogens (primary N) is 1. The van der Waals surface area contributed by atoms with Crippen LogP contribution in [-0.2, 0) is 6.42 Å². The number of fused-ring (bicyclic) bond motifs is 1. The van der Waals surface area contributed by atoms with Crippen molar-refractivity contribution in [3.8, 4) is 0 Å². The minimum absolute atomic E-state index is 0.111. The van der Waals surface area contributed by atoms with Crippen LogP contribution in [0.1, 0.15) is 21.5 Å². The highest BCUT2D eigenvalue weighted by Gasteiger charge is 2.27. The number of hydrogen-bond acceptors (Lipinski definition) is 2. The molecular formula is C16H15FN2O. The highest BCUT2D eigenvalue weighted by atomic mass is 19.1. The largest absolute Gasteiger partial charge is 0.399 e. The molecule has 0 saturated carbocycles. The number of amides is 1. The second-order valence-electron chi connectivity index (χ2n) is 5.03. The first-order valence-corrected chi connectivity index (χ1v) is 6.53. The number of halogens is 1. The van der Waals surface area contributed by atoms with Gasteiger partial charge in [-0.1, -0.05) is 18.2 Å². The molecule has 0 aromatic heterocycles. The third-order valence-electron chi connectivity index (χ3n) is 3.67. The Labute approximate surface area is 116 Å². The number of carbonyl (C=O) groups excluding carboxylic acids is 1. The first kappa shape index (κ1) is 12.7. The molecule has 1 aliphatic heterocycles. The predicted molar refractivity (Wildman–Crippen MR) is 77.4 cm³/mol. The van der Waals surface area contributed by atoms with E-state index in [1.54, 1.807) is 30.0 Å². The molecule has 1 amide bonds. The maximum atomic E-state index is 14.1. The third-order valence-corrected chi connectivity index (χ3v) is 3.67. The van der Waals surface area contributed by atoms with E-state index in [0.717, 1.165) is 17.7 Å². The van der Waals surface area contributed by atoms with Crippen molar-refractivity contribution in [3.63, 3.8) is 0 Å². The van der Waals surface area contributed by atoms with Crippen molar-refractivity contribution in [3.05, 3.63) is 58.9 Å². The zero-order valence-electron chi connectivity index (χ0n) is 11.2. The van der Waals surface area contributed by atoms with Gasteiger partial charge in [0.1, 0.15) is 5.82 Å². The van der Waals surface area contributed by atoms with Gasteiger partial charge in [-0.25, -0.2) is 4.39 Å². The van der Waals surface area contributed by atoms with Crippen molar-refractivity contribution in [2.24, 2.45) is 0 Å². The lowest BCUT2D eigenvalue weighted by Gasteiger charge is -2.18. The van der Waals surface area contributed by atoms with E-state index >= 15 is 0 Å². The van der Waals surface area contributed by atoms with E-state index in [1.165, 1.54) is 6.07 Å². The Morgan fingerprint density at radius 2 is 2.10 bits per heavy atom. The molecule has 20 heavy (non-hydrogen) atoms. The summed E-state index contributed by atoms with van der Waals surface area (Å²) in [6.07, 6.45) is 0.773. The molecule has 2 aromatic carbocycles. The monoisotopic (exact) mass is 270 g/mol. The predicted octanol–water partition coefficient (Wildman–Crippen LogP) is 2.92. The molecule has 102 valence electrons. The van der Waals surface area contributed by atoms with Crippen LogP contribution >= 0.6 is 0 Å². The van der Waals surface area contributed by atoms with Gasteiger partial charge < -0.3 is 10.6 Å². The first-order valence-electron chi connectivity index (χ1n) is 6.53. The zero-order valence-corrected chi connectivity index (χ0v) is 11.2. The Morgan fingerprint density at radius 3 is 2.90 bits per heavy atom. The highest BCUT2D eigenvalue weighted by Crippen LogP contribution is 2.31. The van der Waals surface area contributed by atoms with Crippen molar-refractivity contribution in [2.75, 3.05) is 17.2 Å². The second-order valence-corrected chi connectivity index (χ2v) is 5.03. The fourth-order valence-corrected chi connectivity index (χ4v) is 2.57. The smallest absolute Gasteiger partial charge is 0.261 e. The summed E-state index contributed by atoms with van der Waals surface area (Å²) < 4.78 is 14.1. The van der Waals surface area contributed by atoms with Gasteiger partial charge in [0.25, 0.3) is 5.91 Å². The molecule has 2 aromatic rings. The molecule has 0 saturated heterocycles. The molecule has 2 N–H and O–H groups in total. The molecule has 3 rings (SSSR count). The van der Waals surface area contributed by atoms with Gasteiger partial charge in [-0.3, -0.25) is 4.79 Å². The van der Waals surface area contributed by atoms with Crippen LogP contribution in [-0.4, -0.2) is 12.5 Å². The fourth-order valence-electron chi connectivity index (χ4n) is 2.57. The van der Waals surface area contributed by atoms with Gasteiger partial charge in [0, 0.05) is 17.9 Å². The Morgan fingerprint density at radius 1 is 1.30 bits per heavy atom. The standard InChI is InChI=1S/C16H15FN2O/c1-10-3-2-4-13(15(10)17)16(20)19-8-7-11-5-6-12(18)9-14(11)19/h2-6,9H,7-8,18H2,1H3. The van der Waals surface area contributed by atoms with E-state index in [1.807, 2.05) is 12.1 Å². The van der Waals surface area contributed by atoms with Crippen LogP contribution < -0.4 is 10.6 Å². The highest BCUT2D eigenvalue weighted by molar-refractivity contribution is 6.07. The number of aryl methyl sites for hydroxylation is 1. The van der Waals surface area contributed by atoms with Gasteiger partial charge in [0.15, 0.2) is 0 Å². The minimum atomic E-state index is -0.449. The molecule has 1 aliphatic rings. The molecule has 0 fully saturated rings. The summed E-state index contributed by atoms with van der Waals surface area (Å²) in [7, 11) is 0. The van der Waals surface area contributed by atoms with Crippen LogP contribution in [0.15, 0.2) is 36.4 Å². The molecule has 0 aliphatic carbocycles. The Balaban J connectivity index is 2.02. The summed E-state index contributed by atoms with van der Waals surface area (Å²) in [4.78, 5) is 14.1. The lowest BCUT2D eigenvalue weighted by molar-refractivity contribution is 0.0985. The molecule has 0 spiro atoms. The number of rotatable bonds is 1. The van der Waals surface area contributed by atoms with Crippen LogP contribution in [0.5, 0.6) is 0 Å². The maximum absolute atomic E-state index is 14.1. The SMILES string of the molecule is Cc1cccc(C(=O)N2CCc3ccc(N)cc32)c1F. The third kappa shape index (κ3) is 1.93. The summed E-state index contributed by atoms with van der Waals surface area (Å²) in [5, 5.41) is 0. The van der Waals surface area contributed by atoms with E-state index in [4.69, 9.17) is 5.73 Å². The fraction of sp³-hybridized carbons (Fsp3) is 0.188. The number of nitrogen functional groups attached to an aromatic ring is 1. The van der Waals surface area contributed by atoms with Gasteiger partial charge >= 0.3 is 0 Å². The number of benzene rings is 2. The van der Waals surface area contributed by atoms with Crippen molar-refractivity contribution in [1.82, 2.24) is 0 Å². The van der Waals surface area contributed by atoms with Crippen molar-refractivity contribution >= 4 is 17.3 Å². The van der Waals surface area contributed by atoms with Crippen molar-refractivity contribution < 1.29 is 9.18 Å². The maximum Gasteiger partial charge on any atom is 0.261 e. The Kier molecular flexibility index (Phi) is 2.93. The molecular weight excluding hydrogens is 255 g/mol. The number of carbonyl (C=O) groups is 1. The average Bonchev–Trinajstić information content (AvgIpc) is 2.84. The lowest BCUT2D eigenvalue weighted by atomic mass is 10.1. The van der Waals surface area contributed by atoms with E-state index in [9.17, 15) is 9.18 Å². The molecule has 0 bridgehead atoms. The van der Waals surface area contributed by atoms with Crippen LogP contribution in [0.25, 0.3) is 0 Å². The minimum Gasteiger partial charge on any atom is -0.399 e. The van der Waals surface area contributed by atoms with Gasteiger partial charge in [0.2, 0.25) is 0 Å². The lowest BCUT2D eigenvalue weighted by Crippen LogP contribution is -2.29. The Hall–Kier alpha value is -2.36. The van der Waals surface area contributed by atoms with Crippen LogP contribution in [0, 0.1) is 12.7 Å². The molecule has 3 nitrogen and oxygen atoms in total. The number of nitrogens with zero attached hydrogens (tertiary/aromatic N) is 1. The topological polar surface area (TPSA) is 46.3 Å². The second kappa shape index (κ2) is 4.63. The normalized spacial score (nSPS) is 13.4. The van der Waals surface area contributed by atoms with Gasteiger partial charge in [-0.05, 0) is 42.7 Å². The van der Waals surface area contributed by atoms with Crippen molar-refractivity contribution in [1.29, 1.82) is 0 Å². The molecule has 4 heteroatoms. The van der Waals surface area contributed by atoms with Gasteiger partial charge in [-0.2, -0.15) is 0 Å². The summed E-state index contributed by atoms with van der Waals surface area (Å²) in [5.74, 6) is -0.759. The summed E-state index contributed by atoms with van der Waals surface area (Å²) in [6.45, 7) is 2.22. The average molecular weight is 270 g/mol. The van der Waals surface area contributed by atoms with E-state index in [-0.39, 0.29) is 11.5 Å². The molecule has 0 radical (unpaired) electrons.